The van der Waals surface area contributed by atoms with E-state index in [4.69, 9.17) is 4.74 Å². The van der Waals surface area contributed by atoms with E-state index in [1.807, 2.05) is 6.92 Å². The smallest absolute Gasteiger partial charge is 0.309 e. The van der Waals surface area contributed by atoms with Gasteiger partial charge in [0.25, 0.3) is 0 Å². The summed E-state index contributed by atoms with van der Waals surface area (Å²) < 4.78 is 5.22. The Morgan fingerprint density at radius 1 is 0.694 bits per heavy atom. The van der Waals surface area contributed by atoms with E-state index in [2.05, 4.69) is 34.6 Å². The molecule has 0 saturated carbocycles. The molecule has 0 bridgehead atoms. The molecule has 0 radical (unpaired) electrons. The normalized spacial score (nSPS) is 13.4. The molecule has 0 spiro atoms. The molecule has 0 rings (SSSR count). The minimum atomic E-state index is -0.576. The van der Waals surface area contributed by atoms with E-state index in [0.29, 0.717) is 18.9 Å². The molecule has 36 heavy (non-hydrogen) atoms. The minimum Gasteiger partial charge on any atom is -0.481 e. The second kappa shape index (κ2) is 27.0. The van der Waals surface area contributed by atoms with Gasteiger partial charge < -0.3 is 9.84 Å². The number of unbranched alkanes of at least 4 members (excludes halogenated alkanes) is 11. The standard InChI is InChI=1S/2C16H32O2/c1-5-9-11-14(7-3)13-16(8-4,15(17)18)12-10-6-2;1-3-5-7-9-11-13-15-18-16(17)14-12-10-8-6-4-2/h14H,5-13H2,1-4H3,(H,17,18);3-15H2,1-2H3. The summed E-state index contributed by atoms with van der Waals surface area (Å²) >= 11 is 0. The molecule has 0 heterocycles. The van der Waals surface area contributed by atoms with Crippen LogP contribution in [0.15, 0.2) is 0 Å². The van der Waals surface area contributed by atoms with Crippen LogP contribution in [0.2, 0.25) is 0 Å². The van der Waals surface area contributed by atoms with Crippen LogP contribution in [0.4, 0.5) is 0 Å². The maximum atomic E-state index is 11.7. The van der Waals surface area contributed by atoms with Gasteiger partial charge in [-0.1, -0.05) is 138 Å². The molecule has 0 aromatic heterocycles. The Bertz CT molecular complexity index is 491. The van der Waals surface area contributed by atoms with Gasteiger partial charge in [-0.2, -0.15) is 0 Å². The number of aliphatic carboxylic acids is 1. The molecule has 4 nitrogen and oxygen atoms in total. The zero-order valence-electron chi connectivity index (χ0n) is 25.3. The molecule has 2 atom stereocenters. The number of carbonyl (C=O) groups excluding carboxylic acids is 1. The number of esters is 1. The van der Waals surface area contributed by atoms with Crippen LogP contribution in [-0.2, 0) is 14.3 Å². The van der Waals surface area contributed by atoms with E-state index in [-0.39, 0.29) is 5.97 Å². The van der Waals surface area contributed by atoms with Gasteiger partial charge in [0.05, 0.1) is 12.0 Å². The lowest BCUT2D eigenvalue weighted by atomic mass is 9.72. The molecule has 4 heteroatoms. The molecule has 0 aromatic rings. The maximum absolute atomic E-state index is 11.7. The fourth-order valence-corrected chi connectivity index (χ4v) is 4.79. The van der Waals surface area contributed by atoms with Gasteiger partial charge in [0.1, 0.15) is 0 Å². The van der Waals surface area contributed by atoms with Gasteiger partial charge in [0, 0.05) is 6.42 Å². The molecule has 0 amide bonds. The van der Waals surface area contributed by atoms with Crippen LogP contribution < -0.4 is 0 Å². The third kappa shape index (κ3) is 21.1. The van der Waals surface area contributed by atoms with Crippen LogP contribution >= 0.6 is 0 Å². The first-order valence-electron chi connectivity index (χ1n) is 15.8. The predicted octanol–water partition coefficient (Wildman–Crippen LogP) is 10.5. The number of carboxylic acid groups (broad SMARTS) is 1. The monoisotopic (exact) mass is 512 g/mol. The summed E-state index contributed by atoms with van der Waals surface area (Å²) in [5.74, 6) is 0.00584. The van der Waals surface area contributed by atoms with Crippen LogP contribution in [-0.4, -0.2) is 23.7 Å². The number of carbonyl (C=O) groups is 2. The number of carboxylic acids is 1. The lowest BCUT2D eigenvalue weighted by Crippen LogP contribution is -2.33. The van der Waals surface area contributed by atoms with Crippen LogP contribution in [0.25, 0.3) is 0 Å². The van der Waals surface area contributed by atoms with Gasteiger partial charge in [-0.05, 0) is 38.0 Å². The van der Waals surface area contributed by atoms with Crippen LogP contribution in [0.1, 0.15) is 176 Å². The second-order valence-electron chi connectivity index (χ2n) is 10.8. The van der Waals surface area contributed by atoms with Gasteiger partial charge in [-0.15, -0.1) is 0 Å². The summed E-state index contributed by atoms with van der Waals surface area (Å²) in [5.41, 5.74) is -0.468. The molecule has 0 aliphatic heterocycles. The molecular weight excluding hydrogens is 448 g/mol. The first-order valence-corrected chi connectivity index (χ1v) is 15.8. The Kier molecular flexibility index (Phi) is 27.8. The Balaban J connectivity index is 0. The van der Waals surface area contributed by atoms with Gasteiger partial charge >= 0.3 is 11.9 Å². The van der Waals surface area contributed by atoms with Crippen molar-refractivity contribution in [3.63, 3.8) is 0 Å². The molecule has 0 saturated heterocycles. The van der Waals surface area contributed by atoms with Crippen LogP contribution in [0.3, 0.4) is 0 Å². The van der Waals surface area contributed by atoms with Crippen molar-refractivity contribution in [1.29, 1.82) is 0 Å². The molecule has 1 N–H and O–H groups in total. The van der Waals surface area contributed by atoms with E-state index in [1.165, 1.54) is 77.0 Å². The summed E-state index contributed by atoms with van der Waals surface area (Å²) in [4.78, 5) is 23.1. The van der Waals surface area contributed by atoms with Crippen molar-refractivity contribution in [2.24, 2.45) is 11.3 Å². The predicted molar refractivity (Wildman–Crippen MR) is 156 cm³/mol. The molecule has 0 aliphatic rings. The number of rotatable bonds is 24. The average Bonchev–Trinajstić information content (AvgIpc) is 2.88. The van der Waals surface area contributed by atoms with E-state index in [9.17, 15) is 14.7 Å². The third-order valence-corrected chi connectivity index (χ3v) is 7.61. The van der Waals surface area contributed by atoms with Gasteiger partial charge in [0.2, 0.25) is 0 Å². The fourth-order valence-electron chi connectivity index (χ4n) is 4.79. The van der Waals surface area contributed by atoms with Crippen molar-refractivity contribution >= 4 is 11.9 Å². The van der Waals surface area contributed by atoms with E-state index in [1.54, 1.807) is 0 Å². The molecular formula is C32H64O4. The van der Waals surface area contributed by atoms with Gasteiger partial charge in [-0.25, -0.2) is 0 Å². The van der Waals surface area contributed by atoms with E-state index < -0.39 is 11.4 Å². The molecule has 216 valence electrons. The van der Waals surface area contributed by atoms with Crippen molar-refractivity contribution in [3.8, 4) is 0 Å². The van der Waals surface area contributed by atoms with Gasteiger partial charge in [0.15, 0.2) is 0 Å². The van der Waals surface area contributed by atoms with E-state index >= 15 is 0 Å². The molecule has 2 unspecified atom stereocenters. The summed E-state index contributed by atoms with van der Waals surface area (Å²) in [7, 11) is 0. The number of ether oxygens (including phenoxy) is 1. The Hall–Kier alpha value is -1.06. The fraction of sp³-hybridized carbons (Fsp3) is 0.938. The Labute approximate surface area is 225 Å². The molecule has 0 aromatic carbocycles. The second-order valence-corrected chi connectivity index (χ2v) is 10.8. The van der Waals surface area contributed by atoms with Crippen molar-refractivity contribution in [2.75, 3.05) is 6.61 Å². The van der Waals surface area contributed by atoms with Crippen molar-refractivity contribution in [2.45, 2.75) is 176 Å². The van der Waals surface area contributed by atoms with Crippen molar-refractivity contribution < 1.29 is 19.4 Å². The summed E-state index contributed by atoms with van der Waals surface area (Å²) in [6.45, 7) is 13.6. The highest BCUT2D eigenvalue weighted by atomic mass is 16.5. The first kappa shape index (κ1) is 37.1. The highest BCUT2D eigenvalue weighted by Crippen LogP contribution is 2.38. The summed E-state index contributed by atoms with van der Waals surface area (Å²) in [5, 5.41) is 9.62. The Morgan fingerprint density at radius 3 is 1.72 bits per heavy atom. The first-order chi connectivity index (χ1) is 17.4. The largest absolute Gasteiger partial charge is 0.481 e. The minimum absolute atomic E-state index is 0.0000525. The lowest BCUT2D eigenvalue weighted by molar-refractivity contribution is -0.151. The third-order valence-electron chi connectivity index (χ3n) is 7.61. The van der Waals surface area contributed by atoms with Gasteiger partial charge in [-0.3, -0.25) is 9.59 Å². The molecule has 0 fully saturated rings. The van der Waals surface area contributed by atoms with Crippen molar-refractivity contribution in [1.82, 2.24) is 0 Å². The zero-order valence-corrected chi connectivity index (χ0v) is 25.3. The highest BCUT2D eigenvalue weighted by Gasteiger charge is 2.37. The number of hydrogen-bond acceptors (Lipinski definition) is 3. The van der Waals surface area contributed by atoms with Crippen LogP contribution in [0, 0.1) is 11.3 Å². The van der Waals surface area contributed by atoms with Crippen molar-refractivity contribution in [3.05, 3.63) is 0 Å². The maximum Gasteiger partial charge on any atom is 0.309 e. The topological polar surface area (TPSA) is 63.6 Å². The average molecular weight is 513 g/mol. The highest BCUT2D eigenvalue weighted by molar-refractivity contribution is 5.74. The van der Waals surface area contributed by atoms with E-state index in [0.717, 1.165) is 51.4 Å². The quantitative estimate of drug-likeness (QED) is 0.103. The number of hydrogen-bond donors (Lipinski definition) is 1. The molecule has 0 aliphatic carbocycles. The van der Waals surface area contributed by atoms with Crippen LogP contribution in [0.5, 0.6) is 0 Å². The SMILES string of the molecule is CCCCC(CC)CC(CC)(CCCC)C(=O)O.CCCCCCCCOC(=O)CCCCCCC. The Morgan fingerprint density at radius 2 is 1.22 bits per heavy atom. The zero-order chi connectivity index (χ0) is 27.5. The summed E-state index contributed by atoms with van der Waals surface area (Å²) in [6.07, 6.45) is 23.3. The lowest BCUT2D eigenvalue weighted by Gasteiger charge is -2.32. The summed E-state index contributed by atoms with van der Waals surface area (Å²) in [6, 6.07) is 0.